The van der Waals surface area contributed by atoms with Gasteiger partial charge in [0.05, 0.1) is 12.6 Å². The number of nitrogens with two attached hydrogens (primary N) is 1. The quantitative estimate of drug-likeness (QED) is 0.830. The molecular weight excluding hydrogens is 219 g/mol. The van der Waals surface area contributed by atoms with Crippen LogP contribution in [0.15, 0.2) is 12.3 Å². The molecule has 3 nitrogen and oxygen atoms in total. The largest absolute Gasteiger partial charge is 0.494 e. The predicted molar refractivity (Wildman–Crippen MR) is 57.7 cm³/mol. The Balaban J connectivity index is 2.86. The zero-order valence-electron chi connectivity index (χ0n) is 8.10. The molecule has 2 rings (SSSR count). The number of benzene rings is 1. The highest BCUT2D eigenvalue weighted by molar-refractivity contribution is 6.33. The smallest absolute Gasteiger partial charge is 0.150 e. The van der Waals surface area contributed by atoms with Crippen LogP contribution in [-0.2, 0) is 6.54 Å². The van der Waals surface area contributed by atoms with Gasteiger partial charge in [0.15, 0.2) is 0 Å². The lowest BCUT2D eigenvalue weighted by molar-refractivity contribution is 0.416. The SMILES string of the molecule is COc1c(Cl)c(F)cc2[nH]cc(CN)c12. The topological polar surface area (TPSA) is 51.0 Å². The van der Waals surface area contributed by atoms with Gasteiger partial charge in [-0.1, -0.05) is 11.6 Å². The van der Waals surface area contributed by atoms with E-state index < -0.39 is 5.82 Å². The highest BCUT2D eigenvalue weighted by Crippen LogP contribution is 2.37. The first-order chi connectivity index (χ1) is 7.19. The van der Waals surface area contributed by atoms with Crippen LogP contribution in [0.25, 0.3) is 10.9 Å². The Morgan fingerprint density at radius 1 is 1.60 bits per heavy atom. The Bertz CT molecular complexity index is 510. The van der Waals surface area contributed by atoms with Gasteiger partial charge in [0, 0.05) is 18.1 Å². The van der Waals surface area contributed by atoms with Crippen molar-refractivity contribution in [3.63, 3.8) is 0 Å². The fourth-order valence-corrected chi connectivity index (χ4v) is 1.85. The number of halogens is 2. The number of aromatic amines is 1. The Hall–Kier alpha value is -1.26. The second-order valence-corrected chi connectivity index (χ2v) is 3.52. The molecule has 1 aromatic heterocycles. The number of H-pyrrole nitrogens is 1. The molecule has 0 aliphatic heterocycles. The third-order valence-electron chi connectivity index (χ3n) is 2.32. The number of rotatable bonds is 2. The number of hydrogen-bond acceptors (Lipinski definition) is 2. The summed E-state index contributed by atoms with van der Waals surface area (Å²) in [5, 5.41) is 0.728. The van der Waals surface area contributed by atoms with Gasteiger partial charge in [-0.25, -0.2) is 4.39 Å². The summed E-state index contributed by atoms with van der Waals surface area (Å²) >= 11 is 5.80. The molecule has 5 heteroatoms. The molecule has 80 valence electrons. The Morgan fingerprint density at radius 3 is 2.93 bits per heavy atom. The van der Waals surface area contributed by atoms with Gasteiger partial charge in [-0.2, -0.15) is 0 Å². The first kappa shape index (κ1) is 10.3. The van der Waals surface area contributed by atoms with Crippen molar-refractivity contribution in [1.82, 2.24) is 4.98 Å². The van der Waals surface area contributed by atoms with Gasteiger partial charge in [0.25, 0.3) is 0 Å². The molecule has 0 amide bonds. The average Bonchev–Trinajstić information content (AvgIpc) is 2.62. The van der Waals surface area contributed by atoms with Crippen LogP contribution in [0, 0.1) is 5.82 Å². The van der Waals surface area contributed by atoms with E-state index in [2.05, 4.69) is 4.98 Å². The molecule has 0 unspecified atom stereocenters. The molecule has 0 saturated carbocycles. The van der Waals surface area contributed by atoms with E-state index in [4.69, 9.17) is 22.1 Å². The first-order valence-corrected chi connectivity index (χ1v) is 4.78. The van der Waals surface area contributed by atoms with E-state index in [1.54, 1.807) is 6.20 Å². The summed E-state index contributed by atoms with van der Waals surface area (Å²) in [5.41, 5.74) is 7.04. The van der Waals surface area contributed by atoms with Gasteiger partial charge < -0.3 is 15.5 Å². The summed E-state index contributed by atoms with van der Waals surface area (Å²) in [6, 6.07) is 1.33. The van der Waals surface area contributed by atoms with Crippen LogP contribution in [0.2, 0.25) is 5.02 Å². The fraction of sp³-hybridized carbons (Fsp3) is 0.200. The zero-order valence-corrected chi connectivity index (χ0v) is 8.86. The lowest BCUT2D eigenvalue weighted by Gasteiger charge is -2.07. The molecule has 0 atom stereocenters. The van der Waals surface area contributed by atoms with Gasteiger partial charge >= 0.3 is 0 Å². The van der Waals surface area contributed by atoms with Crippen LogP contribution < -0.4 is 10.5 Å². The molecule has 0 spiro atoms. The van der Waals surface area contributed by atoms with Crippen molar-refractivity contribution in [3.8, 4) is 5.75 Å². The molecule has 0 bridgehead atoms. The lowest BCUT2D eigenvalue weighted by atomic mass is 10.1. The van der Waals surface area contributed by atoms with Crippen molar-refractivity contribution in [2.24, 2.45) is 5.73 Å². The van der Waals surface area contributed by atoms with Crippen LogP contribution in [0.3, 0.4) is 0 Å². The van der Waals surface area contributed by atoms with Crippen molar-refractivity contribution >= 4 is 22.5 Å². The molecule has 0 radical (unpaired) electrons. The van der Waals surface area contributed by atoms with Gasteiger partial charge in [-0.3, -0.25) is 0 Å². The maximum absolute atomic E-state index is 13.3. The number of ether oxygens (including phenoxy) is 1. The summed E-state index contributed by atoms with van der Waals surface area (Å²) in [6.07, 6.45) is 1.73. The summed E-state index contributed by atoms with van der Waals surface area (Å²) in [4.78, 5) is 2.92. The number of aromatic nitrogens is 1. The summed E-state index contributed by atoms with van der Waals surface area (Å²) < 4.78 is 18.4. The van der Waals surface area contributed by atoms with Crippen molar-refractivity contribution in [1.29, 1.82) is 0 Å². The van der Waals surface area contributed by atoms with Gasteiger partial charge in [0.2, 0.25) is 0 Å². The van der Waals surface area contributed by atoms with Crippen LogP contribution in [0.5, 0.6) is 5.75 Å². The van der Waals surface area contributed by atoms with E-state index in [1.807, 2.05) is 0 Å². The maximum Gasteiger partial charge on any atom is 0.150 e. The molecular formula is C10H10ClFN2O. The molecule has 2 aromatic rings. The van der Waals surface area contributed by atoms with E-state index in [1.165, 1.54) is 13.2 Å². The van der Waals surface area contributed by atoms with Gasteiger partial charge in [-0.15, -0.1) is 0 Å². The number of fused-ring (bicyclic) bond motifs is 1. The van der Waals surface area contributed by atoms with Crippen molar-refractivity contribution in [3.05, 3.63) is 28.7 Å². The number of nitrogens with one attached hydrogen (secondary N) is 1. The Labute approximate surface area is 91.0 Å². The molecule has 1 heterocycles. The third-order valence-corrected chi connectivity index (χ3v) is 2.68. The van der Waals surface area contributed by atoms with Crippen molar-refractivity contribution in [2.75, 3.05) is 7.11 Å². The van der Waals surface area contributed by atoms with Gasteiger partial charge in [-0.05, 0) is 11.6 Å². The maximum atomic E-state index is 13.3. The van der Waals surface area contributed by atoms with Crippen LogP contribution in [-0.4, -0.2) is 12.1 Å². The molecule has 0 aliphatic rings. The second-order valence-electron chi connectivity index (χ2n) is 3.15. The van der Waals surface area contributed by atoms with Gasteiger partial charge in [0.1, 0.15) is 16.6 Å². The average molecular weight is 229 g/mol. The van der Waals surface area contributed by atoms with Crippen molar-refractivity contribution in [2.45, 2.75) is 6.54 Å². The molecule has 0 fully saturated rings. The highest BCUT2D eigenvalue weighted by atomic mass is 35.5. The van der Waals surface area contributed by atoms with E-state index >= 15 is 0 Å². The number of hydrogen-bond donors (Lipinski definition) is 2. The summed E-state index contributed by atoms with van der Waals surface area (Å²) in [7, 11) is 1.45. The zero-order chi connectivity index (χ0) is 11.0. The molecule has 0 saturated heterocycles. The van der Waals surface area contributed by atoms with E-state index in [-0.39, 0.29) is 5.02 Å². The Kier molecular flexibility index (Phi) is 2.54. The Morgan fingerprint density at radius 2 is 2.33 bits per heavy atom. The fourth-order valence-electron chi connectivity index (χ4n) is 1.63. The highest BCUT2D eigenvalue weighted by Gasteiger charge is 2.16. The van der Waals surface area contributed by atoms with E-state index in [0.29, 0.717) is 17.8 Å². The normalized spacial score (nSPS) is 10.9. The van der Waals surface area contributed by atoms with Crippen LogP contribution >= 0.6 is 11.6 Å². The number of methoxy groups -OCH3 is 1. The van der Waals surface area contributed by atoms with Crippen LogP contribution in [0.4, 0.5) is 4.39 Å². The second kappa shape index (κ2) is 3.72. The minimum absolute atomic E-state index is 0.0145. The summed E-state index contributed by atoms with van der Waals surface area (Å²) in [5.74, 6) is -0.181. The third kappa shape index (κ3) is 1.46. The molecule has 0 aliphatic carbocycles. The first-order valence-electron chi connectivity index (χ1n) is 4.41. The predicted octanol–water partition coefficient (Wildman–Crippen LogP) is 2.43. The van der Waals surface area contributed by atoms with E-state index in [0.717, 1.165) is 10.9 Å². The monoisotopic (exact) mass is 228 g/mol. The standard InChI is InChI=1S/C10H10ClFN2O/c1-15-10-8-5(3-13)4-14-7(8)2-6(12)9(10)11/h2,4,14H,3,13H2,1H3. The van der Waals surface area contributed by atoms with E-state index in [9.17, 15) is 4.39 Å². The molecule has 3 N–H and O–H groups in total. The lowest BCUT2D eigenvalue weighted by Crippen LogP contribution is -1.96. The minimum atomic E-state index is -0.508. The summed E-state index contributed by atoms with van der Waals surface area (Å²) in [6.45, 7) is 0.346. The van der Waals surface area contributed by atoms with Crippen molar-refractivity contribution < 1.29 is 9.13 Å². The van der Waals surface area contributed by atoms with Crippen LogP contribution in [0.1, 0.15) is 5.56 Å². The molecule has 1 aromatic carbocycles. The minimum Gasteiger partial charge on any atom is -0.494 e. The molecule has 15 heavy (non-hydrogen) atoms.